The lowest BCUT2D eigenvalue weighted by Gasteiger charge is -2.44. The van der Waals surface area contributed by atoms with Gasteiger partial charge in [-0.25, -0.2) is 9.18 Å². The van der Waals surface area contributed by atoms with E-state index in [0.29, 0.717) is 23.1 Å². The van der Waals surface area contributed by atoms with E-state index in [-0.39, 0.29) is 5.82 Å². The SMILES string of the molecule is C/N=[Si]1/C[C@@](C)(c2cc(N)ccc2F)N/C(=N\C(=O)OC(C)(C)C)C1(C)C. The summed E-state index contributed by atoms with van der Waals surface area (Å²) >= 11 is 0. The smallest absolute Gasteiger partial charge is 0.435 e. The molecule has 1 fully saturated rings. The molecule has 1 aromatic rings. The number of ether oxygens (including phenoxy) is 1. The molecule has 0 unspecified atom stereocenters. The molecule has 0 saturated carbocycles. The summed E-state index contributed by atoms with van der Waals surface area (Å²) in [6.45, 7) is 11.2. The molecule has 1 atom stereocenters. The first-order valence-electron chi connectivity index (χ1n) is 8.90. The Morgan fingerprint density at radius 3 is 2.52 bits per heavy atom. The molecule has 1 aromatic carbocycles. The Hall–Kier alpha value is -2.09. The molecule has 6 nitrogen and oxygen atoms in total. The second-order valence-corrected chi connectivity index (χ2v) is 11.6. The first-order valence-corrected chi connectivity index (χ1v) is 10.6. The van der Waals surface area contributed by atoms with E-state index in [0.717, 1.165) is 0 Å². The second kappa shape index (κ2) is 7.14. The molecule has 27 heavy (non-hydrogen) atoms. The van der Waals surface area contributed by atoms with Gasteiger partial charge >= 0.3 is 6.09 Å². The first-order chi connectivity index (χ1) is 12.3. The number of anilines is 1. The molecule has 148 valence electrons. The van der Waals surface area contributed by atoms with Crippen molar-refractivity contribution in [3.8, 4) is 0 Å². The minimum atomic E-state index is -1.37. The van der Waals surface area contributed by atoms with Crippen LogP contribution in [0, 0.1) is 5.82 Å². The number of hydrogen-bond donors (Lipinski definition) is 2. The van der Waals surface area contributed by atoms with Crippen LogP contribution in [0.2, 0.25) is 11.1 Å². The fraction of sp³-hybridized carbons (Fsp3) is 0.579. The molecule has 1 saturated heterocycles. The van der Waals surface area contributed by atoms with E-state index in [9.17, 15) is 9.18 Å². The molecular weight excluding hydrogens is 363 g/mol. The van der Waals surface area contributed by atoms with E-state index in [1.165, 1.54) is 12.1 Å². The highest BCUT2D eigenvalue weighted by Crippen LogP contribution is 2.42. The predicted molar refractivity (Wildman–Crippen MR) is 108 cm³/mol. The molecule has 1 amide bonds. The maximum Gasteiger partial charge on any atom is 0.435 e. The number of aliphatic imine (C=N–C) groups is 1. The van der Waals surface area contributed by atoms with Gasteiger partial charge in [-0.3, -0.25) is 0 Å². The number of benzene rings is 1. The molecule has 0 aromatic heterocycles. The average molecular weight is 393 g/mol. The van der Waals surface area contributed by atoms with Crippen LogP contribution in [-0.2, 0) is 10.3 Å². The van der Waals surface area contributed by atoms with Gasteiger partial charge < -0.3 is 20.4 Å². The number of halogens is 1. The topological polar surface area (TPSA) is 89.1 Å². The summed E-state index contributed by atoms with van der Waals surface area (Å²) in [5, 5.41) is 2.87. The number of rotatable bonds is 1. The molecule has 0 radical (unpaired) electrons. The number of nitrogens with one attached hydrogen (secondary N) is 1. The van der Waals surface area contributed by atoms with Gasteiger partial charge in [-0.05, 0) is 45.9 Å². The molecule has 0 aliphatic carbocycles. The van der Waals surface area contributed by atoms with E-state index >= 15 is 0 Å². The third kappa shape index (κ3) is 4.61. The molecule has 8 heteroatoms. The fourth-order valence-corrected chi connectivity index (χ4v) is 5.68. The number of nitrogens with zero attached hydrogens (tertiary/aromatic N) is 2. The minimum absolute atomic E-state index is 0.354. The maximum atomic E-state index is 14.6. The van der Waals surface area contributed by atoms with Gasteiger partial charge in [0.1, 0.15) is 25.8 Å². The van der Waals surface area contributed by atoms with Crippen LogP contribution in [0.15, 0.2) is 27.8 Å². The largest absolute Gasteiger partial charge is 0.442 e. The molecule has 1 aliphatic heterocycles. The normalized spacial score (nSPS) is 25.3. The van der Waals surface area contributed by atoms with Crippen molar-refractivity contribution in [2.45, 2.75) is 63.8 Å². The zero-order valence-electron chi connectivity index (χ0n) is 17.1. The van der Waals surface area contributed by atoms with Crippen LogP contribution in [0.5, 0.6) is 0 Å². The molecule has 0 spiro atoms. The van der Waals surface area contributed by atoms with Crippen LogP contribution >= 0.6 is 0 Å². The number of nitrogen functional groups attached to an aromatic ring is 1. The minimum Gasteiger partial charge on any atom is -0.442 e. The number of carbonyl (C=O) groups is 1. The van der Waals surface area contributed by atoms with Gasteiger partial charge in [0.15, 0.2) is 0 Å². The molecular formula is C19H29FN4O2Si. The summed E-state index contributed by atoms with van der Waals surface area (Å²) in [7, 11) is 0.401. The standard InChI is InChI=1S/C19H29FN4O2Si/c1-17(2,3)26-16(25)23-15-18(4,5)27(22-7)11-19(6,24-15)13-10-12(21)8-9-14(13)20/h8-10H,11,21H2,1-7H3,(H,23,24,25)/b27-22-/t19-/m0/s1. The van der Waals surface area contributed by atoms with Crippen LogP contribution < -0.4 is 11.1 Å². The van der Waals surface area contributed by atoms with Gasteiger partial charge in [0.25, 0.3) is 0 Å². The Bertz CT molecular complexity index is 814. The lowest BCUT2D eigenvalue weighted by atomic mass is 9.91. The van der Waals surface area contributed by atoms with E-state index in [1.54, 1.807) is 33.9 Å². The van der Waals surface area contributed by atoms with Crippen molar-refractivity contribution in [1.29, 1.82) is 0 Å². The number of hydrogen-bond acceptors (Lipinski definition) is 4. The molecule has 2 rings (SSSR count). The monoisotopic (exact) mass is 392 g/mol. The fourth-order valence-electron chi connectivity index (χ4n) is 3.18. The summed E-state index contributed by atoms with van der Waals surface area (Å²) in [5.74, 6) is 0.111. The van der Waals surface area contributed by atoms with Crippen molar-refractivity contribution in [3.05, 3.63) is 29.6 Å². The van der Waals surface area contributed by atoms with Crippen LogP contribution in [0.1, 0.15) is 47.1 Å². The zero-order chi connectivity index (χ0) is 20.6. The van der Waals surface area contributed by atoms with Crippen LogP contribution in [0.25, 0.3) is 0 Å². The third-order valence-corrected chi connectivity index (χ3v) is 7.94. The maximum absolute atomic E-state index is 14.6. The lowest BCUT2D eigenvalue weighted by Crippen LogP contribution is -2.56. The van der Waals surface area contributed by atoms with Gasteiger partial charge in [-0.15, -0.1) is 0 Å². The number of amidine groups is 1. The number of carbonyl (C=O) groups excluding carboxylic acids is 1. The Kier molecular flexibility index (Phi) is 5.61. The lowest BCUT2D eigenvalue weighted by molar-refractivity contribution is 0.0602. The number of amides is 1. The van der Waals surface area contributed by atoms with E-state index in [2.05, 4.69) is 14.9 Å². The predicted octanol–water partition coefficient (Wildman–Crippen LogP) is 4.23. The summed E-state index contributed by atoms with van der Waals surface area (Å²) in [6, 6.07) is 5.15. The van der Waals surface area contributed by atoms with E-state index in [4.69, 9.17) is 10.5 Å². The Labute approximate surface area is 161 Å². The molecule has 1 heterocycles. The van der Waals surface area contributed by atoms with Crippen LogP contribution in [0.4, 0.5) is 14.9 Å². The second-order valence-electron chi connectivity index (χ2n) is 8.61. The Balaban J connectivity index is 2.53. The van der Waals surface area contributed by atoms with Crippen LogP contribution in [-0.4, -0.2) is 33.2 Å². The van der Waals surface area contributed by atoms with E-state index < -0.39 is 30.9 Å². The quantitative estimate of drug-likeness (QED) is 0.553. The Morgan fingerprint density at radius 1 is 1.33 bits per heavy atom. The van der Waals surface area contributed by atoms with Crippen molar-refractivity contribution in [1.82, 2.24) is 5.32 Å². The van der Waals surface area contributed by atoms with Gasteiger partial charge in [-0.1, -0.05) is 13.8 Å². The van der Waals surface area contributed by atoms with Crippen molar-refractivity contribution >= 4 is 26.2 Å². The number of nitrogens with two attached hydrogens (primary N) is 1. The molecule has 0 bridgehead atoms. The highest BCUT2D eigenvalue weighted by atomic mass is 28.2. The van der Waals surface area contributed by atoms with Gasteiger partial charge in [-0.2, -0.15) is 4.99 Å². The summed E-state index contributed by atoms with van der Waals surface area (Å²) < 4.78 is 24.5. The van der Waals surface area contributed by atoms with Gasteiger partial charge in [0.05, 0.1) is 5.54 Å². The van der Waals surface area contributed by atoms with Crippen molar-refractivity contribution < 1.29 is 13.9 Å². The van der Waals surface area contributed by atoms with Gasteiger partial charge in [0, 0.05) is 29.4 Å². The van der Waals surface area contributed by atoms with Gasteiger partial charge in [0.2, 0.25) is 0 Å². The zero-order valence-corrected chi connectivity index (χ0v) is 18.1. The summed E-state index contributed by atoms with van der Waals surface area (Å²) in [4.78, 5) is 16.5. The summed E-state index contributed by atoms with van der Waals surface area (Å²) in [6.07, 6.45) is -0.673. The summed E-state index contributed by atoms with van der Waals surface area (Å²) in [5.41, 5.74) is 5.39. The van der Waals surface area contributed by atoms with Crippen molar-refractivity contribution in [3.63, 3.8) is 0 Å². The van der Waals surface area contributed by atoms with Crippen molar-refractivity contribution in [2.24, 2.45) is 9.63 Å². The van der Waals surface area contributed by atoms with Crippen LogP contribution in [0.3, 0.4) is 0 Å². The molecule has 1 aliphatic rings. The third-order valence-electron chi connectivity index (χ3n) is 4.68. The Morgan fingerprint density at radius 2 is 1.96 bits per heavy atom. The van der Waals surface area contributed by atoms with Crippen molar-refractivity contribution in [2.75, 3.05) is 12.8 Å². The highest BCUT2D eigenvalue weighted by Gasteiger charge is 2.46. The molecule has 3 N–H and O–H groups in total. The van der Waals surface area contributed by atoms with E-state index in [1.807, 2.05) is 20.8 Å². The average Bonchev–Trinajstić information content (AvgIpc) is 2.51. The highest BCUT2D eigenvalue weighted by molar-refractivity contribution is 6.58. The first kappa shape index (κ1) is 21.2.